The Bertz CT molecular complexity index is 1540. The van der Waals surface area contributed by atoms with E-state index in [0.717, 1.165) is 22.9 Å². The van der Waals surface area contributed by atoms with E-state index < -0.39 is 10.8 Å². The SMILES string of the molecule is O=C(Nc1nc2nc(-c3ccccc3)cc(-c3ccccc3)n2n1)c1ccc(Cl)c([N+](=O)[O-])c1. The molecule has 34 heavy (non-hydrogen) atoms. The zero-order valence-electron chi connectivity index (χ0n) is 17.4. The summed E-state index contributed by atoms with van der Waals surface area (Å²) >= 11 is 5.84. The van der Waals surface area contributed by atoms with Crippen LogP contribution in [0, 0.1) is 10.1 Å². The molecular formula is C24H15ClN6O3. The zero-order valence-corrected chi connectivity index (χ0v) is 18.2. The summed E-state index contributed by atoms with van der Waals surface area (Å²) in [6, 6.07) is 25.0. The van der Waals surface area contributed by atoms with Gasteiger partial charge in [0.05, 0.1) is 16.3 Å². The van der Waals surface area contributed by atoms with Crippen LogP contribution in [0.15, 0.2) is 84.9 Å². The number of amides is 1. The van der Waals surface area contributed by atoms with Crippen molar-refractivity contribution >= 4 is 34.9 Å². The molecule has 5 aromatic rings. The summed E-state index contributed by atoms with van der Waals surface area (Å²) in [6.45, 7) is 0. The van der Waals surface area contributed by atoms with Gasteiger partial charge in [0.1, 0.15) is 5.02 Å². The molecule has 0 radical (unpaired) electrons. The fourth-order valence-corrected chi connectivity index (χ4v) is 3.65. The number of hydrogen-bond donors (Lipinski definition) is 1. The van der Waals surface area contributed by atoms with Crippen LogP contribution < -0.4 is 5.32 Å². The van der Waals surface area contributed by atoms with Gasteiger partial charge in [0.2, 0.25) is 0 Å². The second-order valence-electron chi connectivity index (χ2n) is 7.28. The van der Waals surface area contributed by atoms with Crippen LogP contribution in [0.1, 0.15) is 10.4 Å². The number of halogens is 1. The normalized spacial score (nSPS) is 10.9. The predicted molar refractivity (Wildman–Crippen MR) is 128 cm³/mol. The van der Waals surface area contributed by atoms with Crippen LogP contribution >= 0.6 is 11.6 Å². The molecule has 0 aliphatic rings. The van der Waals surface area contributed by atoms with E-state index in [2.05, 4.69) is 20.4 Å². The summed E-state index contributed by atoms with van der Waals surface area (Å²) in [5.41, 5.74) is 2.92. The van der Waals surface area contributed by atoms with E-state index in [0.29, 0.717) is 5.69 Å². The van der Waals surface area contributed by atoms with E-state index in [1.165, 1.54) is 12.1 Å². The highest BCUT2D eigenvalue weighted by molar-refractivity contribution is 6.32. The van der Waals surface area contributed by atoms with E-state index in [-0.39, 0.29) is 28.0 Å². The van der Waals surface area contributed by atoms with Crippen LogP contribution in [0.2, 0.25) is 5.02 Å². The molecule has 0 aliphatic heterocycles. The third-order valence-electron chi connectivity index (χ3n) is 5.08. The standard InChI is InChI=1S/C24H15ClN6O3/c25-18-12-11-17(13-21(18)31(33)34)22(32)27-23-28-24-26-19(15-7-3-1-4-8-15)14-20(30(24)29-23)16-9-5-2-6-10-16/h1-14H,(H,27,29,32). The van der Waals surface area contributed by atoms with Crippen molar-refractivity contribution in [2.24, 2.45) is 0 Å². The molecule has 9 nitrogen and oxygen atoms in total. The van der Waals surface area contributed by atoms with Crippen molar-refractivity contribution in [1.29, 1.82) is 0 Å². The Morgan fingerprint density at radius 3 is 2.26 bits per heavy atom. The third-order valence-corrected chi connectivity index (χ3v) is 5.40. The van der Waals surface area contributed by atoms with E-state index in [4.69, 9.17) is 11.6 Å². The molecule has 0 atom stereocenters. The van der Waals surface area contributed by atoms with Crippen LogP contribution in [-0.4, -0.2) is 30.4 Å². The molecular weight excluding hydrogens is 456 g/mol. The Kier molecular flexibility index (Phi) is 5.44. The van der Waals surface area contributed by atoms with E-state index >= 15 is 0 Å². The van der Waals surface area contributed by atoms with Gasteiger partial charge in [-0.15, -0.1) is 5.10 Å². The highest BCUT2D eigenvalue weighted by atomic mass is 35.5. The van der Waals surface area contributed by atoms with Crippen LogP contribution in [-0.2, 0) is 0 Å². The molecule has 3 aromatic carbocycles. The minimum Gasteiger partial charge on any atom is -0.289 e. The first-order valence-electron chi connectivity index (χ1n) is 10.1. The number of nitro benzene ring substituents is 1. The maximum atomic E-state index is 12.7. The molecule has 0 unspecified atom stereocenters. The number of carbonyl (C=O) groups excluding carboxylic acids is 1. The summed E-state index contributed by atoms with van der Waals surface area (Å²) in [5.74, 6) is -0.310. The largest absolute Gasteiger partial charge is 0.289 e. The maximum Gasteiger partial charge on any atom is 0.288 e. The zero-order chi connectivity index (χ0) is 23.7. The number of benzene rings is 3. The molecule has 0 aliphatic carbocycles. The Morgan fingerprint density at radius 1 is 0.912 bits per heavy atom. The molecule has 0 saturated heterocycles. The van der Waals surface area contributed by atoms with Crippen molar-refractivity contribution in [3.8, 4) is 22.5 Å². The van der Waals surface area contributed by atoms with Gasteiger partial charge in [-0.2, -0.15) is 9.50 Å². The summed E-state index contributed by atoms with van der Waals surface area (Å²) < 4.78 is 1.54. The highest BCUT2D eigenvalue weighted by Gasteiger charge is 2.19. The minimum atomic E-state index is -0.649. The lowest BCUT2D eigenvalue weighted by Crippen LogP contribution is -2.13. The lowest BCUT2D eigenvalue weighted by molar-refractivity contribution is -0.384. The van der Waals surface area contributed by atoms with Gasteiger partial charge in [0.25, 0.3) is 23.3 Å². The van der Waals surface area contributed by atoms with Crippen LogP contribution in [0.3, 0.4) is 0 Å². The molecule has 2 heterocycles. The summed E-state index contributed by atoms with van der Waals surface area (Å²) in [6.07, 6.45) is 0. The molecule has 0 bridgehead atoms. The molecule has 2 aromatic heterocycles. The average Bonchev–Trinajstić information content (AvgIpc) is 3.26. The fraction of sp³-hybridized carbons (Fsp3) is 0. The fourth-order valence-electron chi connectivity index (χ4n) is 3.46. The quantitative estimate of drug-likeness (QED) is 0.276. The summed E-state index contributed by atoms with van der Waals surface area (Å²) in [7, 11) is 0. The molecule has 0 fully saturated rings. The third kappa shape index (κ3) is 4.07. The number of hydrogen-bond acceptors (Lipinski definition) is 6. The van der Waals surface area contributed by atoms with Gasteiger partial charge in [-0.1, -0.05) is 72.3 Å². The molecule has 5 rings (SSSR count). The molecule has 10 heteroatoms. The van der Waals surface area contributed by atoms with E-state index in [9.17, 15) is 14.9 Å². The van der Waals surface area contributed by atoms with E-state index in [1.54, 1.807) is 4.52 Å². The minimum absolute atomic E-state index is 0.0116. The van der Waals surface area contributed by atoms with Crippen LogP contribution in [0.4, 0.5) is 11.6 Å². The Labute approximate surface area is 197 Å². The van der Waals surface area contributed by atoms with Crippen molar-refractivity contribution in [2.75, 3.05) is 5.32 Å². The van der Waals surface area contributed by atoms with Gasteiger partial charge in [0, 0.05) is 22.8 Å². The Balaban J connectivity index is 1.57. The summed E-state index contributed by atoms with van der Waals surface area (Å²) in [4.78, 5) is 32.2. The molecule has 0 spiro atoms. The van der Waals surface area contributed by atoms with Crippen molar-refractivity contribution in [2.45, 2.75) is 0 Å². The molecule has 0 saturated carbocycles. The number of nitrogens with one attached hydrogen (secondary N) is 1. The van der Waals surface area contributed by atoms with Gasteiger partial charge in [0.15, 0.2) is 0 Å². The molecule has 1 amide bonds. The number of aromatic nitrogens is 4. The lowest BCUT2D eigenvalue weighted by Gasteiger charge is -2.07. The number of anilines is 1. The van der Waals surface area contributed by atoms with Gasteiger partial charge >= 0.3 is 0 Å². The second kappa shape index (κ2) is 8.72. The van der Waals surface area contributed by atoms with Gasteiger partial charge in [-0.3, -0.25) is 20.2 Å². The van der Waals surface area contributed by atoms with Crippen LogP contribution in [0.5, 0.6) is 0 Å². The van der Waals surface area contributed by atoms with Crippen LogP contribution in [0.25, 0.3) is 28.3 Å². The lowest BCUT2D eigenvalue weighted by atomic mass is 10.1. The topological polar surface area (TPSA) is 115 Å². The highest BCUT2D eigenvalue weighted by Crippen LogP contribution is 2.27. The Morgan fingerprint density at radius 2 is 1.59 bits per heavy atom. The monoisotopic (exact) mass is 470 g/mol. The number of fused-ring (bicyclic) bond motifs is 1. The van der Waals surface area contributed by atoms with Crippen molar-refractivity contribution in [3.63, 3.8) is 0 Å². The van der Waals surface area contributed by atoms with E-state index in [1.807, 2.05) is 66.7 Å². The first-order chi connectivity index (χ1) is 16.5. The van der Waals surface area contributed by atoms with Gasteiger partial charge in [-0.05, 0) is 18.2 Å². The number of nitrogens with zero attached hydrogens (tertiary/aromatic N) is 5. The van der Waals surface area contributed by atoms with Gasteiger partial charge < -0.3 is 0 Å². The average molecular weight is 471 g/mol. The second-order valence-corrected chi connectivity index (χ2v) is 7.69. The molecule has 1 N–H and O–H groups in total. The summed E-state index contributed by atoms with van der Waals surface area (Å²) in [5, 5.41) is 18.1. The first-order valence-corrected chi connectivity index (χ1v) is 10.5. The number of nitro groups is 1. The van der Waals surface area contributed by atoms with Crippen molar-refractivity contribution in [1.82, 2.24) is 19.6 Å². The maximum absolute atomic E-state index is 12.7. The number of rotatable bonds is 5. The van der Waals surface area contributed by atoms with Crippen molar-refractivity contribution in [3.05, 3.63) is 106 Å². The predicted octanol–water partition coefficient (Wildman–Crippen LogP) is 5.27. The van der Waals surface area contributed by atoms with Crippen molar-refractivity contribution < 1.29 is 9.72 Å². The van der Waals surface area contributed by atoms with Gasteiger partial charge in [-0.25, -0.2) is 4.98 Å². The molecule has 166 valence electrons. The smallest absolute Gasteiger partial charge is 0.288 e. The Hall–Kier alpha value is -4.63. The first kappa shape index (κ1) is 21.2. The number of carbonyl (C=O) groups is 1.